The molecule has 1 heterocycles. The van der Waals surface area contributed by atoms with E-state index in [1.54, 1.807) is 0 Å². The van der Waals surface area contributed by atoms with Crippen molar-refractivity contribution < 1.29 is 27.8 Å². The number of benzene rings is 1. The van der Waals surface area contributed by atoms with E-state index in [-0.39, 0.29) is 0 Å². The number of hydrogen-bond acceptors (Lipinski definition) is 3. The zero-order valence-corrected chi connectivity index (χ0v) is 13.1. The second-order valence-corrected chi connectivity index (χ2v) is 5.82. The van der Waals surface area contributed by atoms with Gasteiger partial charge in [0, 0.05) is 21.4 Å². The van der Waals surface area contributed by atoms with Crippen LogP contribution in [0.25, 0.3) is 0 Å². The van der Waals surface area contributed by atoms with Crippen LogP contribution in [0.1, 0.15) is 11.3 Å². The highest BCUT2D eigenvalue weighted by atomic mass is 127. The summed E-state index contributed by atoms with van der Waals surface area (Å²) in [5.41, 5.74) is -5.03. The third-order valence-electron chi connectivity index (χ3n) is 3.17. The molecule has 1 aromatic carbocycles. The van der Waals surface area contributed by atoms with E-state index < -0.39 is 41.0 Å². The third-order valence-corrected chi connectivity index (χ3v) is 3.81. The van der Waals surface area contributed by atoms with E-state index in [1.165, 1.54) is 6.07 Å². The molecule has 0 bridgehead atoms. The van der Waals surface area contributed by atoms with E-state index in [9.17, 15) is 27.8 Å². The predicted octanol–water partition coefficient (Wildman–Crippen LogP) is 2.94. The molecule has 2 rings (SSSR count). The third kappa shape index (κ3) is 2.82. The molecule has 0 saturated heterocycles. The van der Waals surface area contributed by atoms with Crippen LogP contribution in [0.3, 0.4) is 0 Å². The molecule has 0 radical (unpaired) electrons. The maximum Gasteiger partial charge on any atom is 0.324 e. The molecule has 0 aliphatic carbocycles. The minimum Gasteiger partial charge on any atom is -0.393 e. The van der Waals surface area contributed by atoms with Crippen molar-refractivity contribution in [2.75, 3.05) is 6.61 Å². The Morgan fingerprint density at radius 1 is 1.14 bits per heavy atom. The van der Waals surface area contributed by atoms with E-state index in [0.29, 0.717) is 15.7 Å². The summed E-state index contributed by atoms with van der Waals surface area (Å²) >= 11 is 1.85. The summed E-state index contributed by atoms with van der Waals surface area (Å²) in [6.45, 7) is -1.48. The molecule has 2 aromatic rings. The summed E-state index contributed by atoms with van der Waals surface area (Å²) < 4.78 is 56.4. The molecule has 0 fully saturated rings. The fourth-order valence-electron chi connectivity index (χ4n) is 1.95. The number of hydrogen-bond donors (Lipinski definition) is 2. The number of rotatable bonds is 4. The van der Waals surface area contributed by atoms with Gasteiger partial charge in [-0.2, -0.15) is 8.78 Å². The van der Waals surface area contributed by atoms with Gasteiger partial charge < -0.3 is 10.2 Å². The average Bonchev–Trinajstić information content (AvgIpc) is 2.46. The zero-order valence-electron chi connectivity index (χ0n) is 10.9. The number of aliphatic hydroxyl groups is 2. The number of aromatic nitrogens is 1. The van der Waals surface area contributed by atoms with Crippen molar-refractivity contribution in [3.63, 3.8) is 0 Å². The van der Waals surface area contributed by atoms with Gasteiger partial charge in [-0.3, -0.25) is 4.98 Å². The molecule has 22 heavy (non-hydrogen) atoms. The summed E-state index contributed by atoms with van der Waals surface area (Å²) in [6.07, 6.45) is 1.14. The first-order valence-electron chi connectivity index (χ1n) is 6.01. The lowest BCUT2D eigenvalue weighted by molar-refractivity contribution is -0.216. The van der Waals surface area contributed by atoms with Gasteiger partial charge >= 0.3 is 5.92 Å². The molecule has 1 atom stereocenters. The lowest BCUT2D eigenvalue weighted by Gasteiger charge is -2.34. The summed E-state index contributed by atoms with van der Waals surface area (Å²) in [7, 11) is 0. The SMILES string of the molecule is OC[C@@](O)(c1ccc(F)cc1F)C(F)(F)c1ccc(I)cn1. The van der Waals surface area contributed by atoms with Crippen LogP contribution in [-0.2, 0) is 11.5 Å². The van der Waals surface area contributed by atoms with Gasteiger partial charge in [0.2, 0.25) is 0 Å². The molecule has 118 valence electrons. The predicted molar refractivity (Wildman–Crippen MR) is 78.2 cm³/mol. The van der Waals surface area contributed by atoms with Crippen LogP contribution in [0.2, 0.25) is 0 Å². The van der Waals surface area contributed by atoms with Crippen molar-refractivity contribution in [3.8, 4) is 0 Å². The van der Waals surface area contributed by atoms with Crippen LogP contribution < -0.4 is 0 Å². The van der Waals surface area contributed by atoms with Crippen molar-refractivity contribution >= 4 is 22.6 Å². The van der Waals surface area contributed by atoms with Gasteiger partial charge in [0.15, 0.2) is 5.60 Å². The largest absolute Gasteiger partial charge is 0.393 e. The highest BCUT2D eigenvalue weighted by Crippen LogP contribution is 2.45. The minimum atomic E-state index is -4.09. The highest BCUT2D eigenvalue weighted by Gasteiger charge is 2.57. The Labute approximate surface area is 136 Å². The van der Waals surface area contributed by atoms with Crippen LogP contribution in [-0.4, -0.2) is 21.8 Å². The molecule has 0 spiro atoms. The number of aliphatic hydroxyl groups excluding tert-OH is 1. The van der Waals surface area contributed by atoms with Crippen molar-refractivity contribution in [1.82, 2.24) is 4.98 Å². The Bertz CT molecular complexity index is 681. The summed E-state index contributed by atoms with van der Waals surface area (Å²) in [5, 5.41) is 19.5. The van der Waals surface area contributed by atoms with Gasteiger partial charge in [-0.05, 0) is 46.9 Å². The lowest BCUT2D eigenvalue weighted by Crippen LogP contribution is -2.47. The molecular weight excluding hydrogens is 417 g/mol. The van der Waals surface area contributed by atoms with Gasteiger partial charge in [-0.1, -0.05) is 0 Å². The van der Waals surface area contributed by atoms with Crippen LogP contribution in [0, 0.1) is 15.2 Å². The van der Waals surface area contributed by atoms with Gasteiger partial charge in [0.1, 0.15) is 17.3 Å². The zero-order chi connectivity index (χ0) is 16.5. The van der Waals surface area contributed by atoms with Crippen molar-refractivity contribution in [3.05, 3.63) is 63.0 Å². The van der Waals surface area contributed by atoms with E-state index >= 15 is 0 Å². The summed E-state index contributed by atoms with van der Waals surface area (Å²) in [5.74, 6) is -6.47. The van der Waals surface area contributed by atoms with E-state index in [1.807, 2.05) is 22.6 Å². The monoisotopic (exact) mass is 427 g/mol. The smallest absolute Gasteiger partial charge is 0.324 e. The van der Waals surface area contributed by atoms with Gasteiger partial charge in [0.25, 0.3) is 0 Å². The maximum atomic E-state index is 14.6. The Hall–Kier alpha value is -1.26. The van der Waals surface area contributed by atoms with E-state index in [4.69, 9.17) is 0 Å². The quantitative estimate of drug-likeness (QED) is 0.583. The Kier molecular flexibility index (Phi) is 4.73. The Balaban J connectivity index is 2.59. The molecule has 2 N–H and O–H groups in total. The second-order valence-electron chi connectivity index (χ2n) is 4.58. The van der Waals surface area contributed by atoms with Crippen molar-refractivity contribution in [2.24, 2.45) is 0 Å². The fourth-order valence-corrected chi connectivity index (χ4v) is 2.27. The molecular formula is C14H10F4INO2. The Morgan fingerprint density at radius 2 is 1.82 bits per heavy atom. The van der Waals surface area contributed by atoms with Crippen LogP contribution >= 0.6 is 22.6 Å². The minimum absolute atomic E-state index is 0.355. The maximum absolute atomic E-state index is 14.6. The van der Waals surface area contributed by atoms with Crippen LogP contribution in [0.4, 0.5) is 17.6 Å². The van der Waals surface area contributed by atoms with Gasteiger partial charge in [0.05, 0.1) is 6.61 Å². The van der Waals surface area contributed by atoms with Crippen LogP contribution in [0.5, 0.6) is 0 Å². The number of nitrogens with zero attached hydrogens (tertiary/aromatic N) is 1. The molecule has 0 unspecified atom stereocenters. The van der Waals surface area contributed by atoms with Gasteiger partial charge in [-0.25, -0.2) is 8.78 Å². The van der Waals surface area contributed by atoms with E-state index in [0.717, 1.165) is 18.3 Å². The van der Waals surface area contributed by atoms with Crippen molar-refractivity contribution in [1.29, 1.82) is 0 Å². The molecule has 0 aliphatic rings. The van der Waals surface area contributed by atoms with Gasteiger partial charge in [-0.15, -0.1) is 0 Å². The molecule has 3 nitrogen and oxygen atoms in total. The summed E-state index contributed by atoms with van der Waals surface area (Å²) in [6, 6.07) is 4.03. The van der Waals surface area contributed by atoms with Crippen LogP contribution in [0.15, 0.2) is 36.5 Å². The molecule has 0 saturated carbocycles. The molecule has 0 aliphatic heterocycles. The second kappa shape index (κ2) is 6.09. The number of halogens is 5. The standard InChI is InChI=1S/C14H10F4INO2/c15-8-1-3-10(11(16)5-8)13(22,7-21)14(17,18)12-4-2-9(19)6-20-12/h1-6,21-22H,7H2/t13-/m1/s1. The average molecular weight is 427 g/mol. The molecule has 0 amide bonds. The first-order chi connectivity index (χ1) is 10.2. The molecule has 1 aromatic heterocycles. The van der Waals surface area contributed by atoms with Crippen molar-refractivity contribution in [2.45, 2.75) is 11.5 Å². The first-order valence-corrected chi connectivity index (χ1v) is 7.09. The topological polar surface area (TPSA) is 53.4 Å². The highest BCUT2D eigenvalue weighted by molar-refractivity contribution is 14.1. The normalized spacial score (nSPS) is 14.7. The summed E-state index contributed by atoms with van der Waals surface area (Å²) in [4.78, 5) is 3.51. The first kappa shape index (κ1) is 17.1. The Morgan fingerprint density at radius 3 is 2.32 bits per heavy atom. The van der Waals surface area contributed by atoms with E-state index in [2.05, 4.69) is 4.98 Å². The molecule has 8 heteroatoms. The fraction of sp³-hybridized carbons (Fsp3) is 0.214. The number of pyridine rings is 1. The number of alkyl halides is 2. The lowest BCUT2D eigenvalue weighted by atomic mass is 9.85.